The number of hydrogen-bond acceptors (Lipinski definition) is 6. The predicted molar refractivity (Wildman–Crippen MR) is 136 cm³/mol. The topological polar surface area (TPSA) is 92.3 Å². The molecule has 1 N–H and O–H groups in total. The minimum atomic E-state index is -4.09. The molecule has 1 aromatic heterocycles. The number of anilines is 2. The van der Waals surface area contributed by atoms with Gasteiger partial charge in [-0.3, -0.25) is 14.4 Å². The Bertz CT molecular complexity index is 1430. The van der Waals surface area contributed by atoms with Crippen LogP contribution in [0.15, 0.2) is 77.7 Å². The Morgan fingerprint density at radius 1 is 0.912 bits per heavy atom. The first-order chi connectivity index (χ1) is 16.2. The Labute approximate surface area is 215 Å². The van der Waals surface area contributed by atoms with Crippen LogP contribution in [0, 0.1) is 0 Å². The van der Waals surface area contributed by atoms with Gasteiger partial charge in [0, 0.05) is 10.6 Å². The second-order valence-electron chi connectivity index (χ2n) is 6.89. The van der Waals surface area contributed by atoms with Gasteiger partial charge >= 0.3 is 0 Å². The van der Waals surface area contributed by atoms with E-state index in [1.54, 1.807) is 42.5 Å². The van der Waals surface area contributed by atoms with Gasteiger partial charge in [-0.1, -0.05) is 76.5 Å². The zero-order valence-electron chi connectivity index (χ0n) is 17.2. The molecule has 12 heteroatoms. The summed E-state index contributed by atoms with van der Waals surface area (Å²) < 4.78 is 27.7. The molecule has 1 amide bonds. The van der Waals surface area contributed by atoms with Crippen LogP contribution in [0.4, 0.5) is 10.8 Å². The molecule has 4 aromatic rings. The van der Waals surface area contributed by atoms with Crippen molar-refractivity contribution in [3.63, 3.8) is 0 Å². The summed E-state index contributed by atoms with van der Waals surface area (Å²) in [5.41, 5.74) is 0.971. The highest BCUT2D eigenvalue weighted by Crippen LogP contribution is 2.31. The number of amides is 1. The van der Waals surface area contributed by atoms with Gasteiger partial charge in [-0.05, 0) is 42.5 Å². The molecule has 0 saturated carbocycles. The quantitative estimate of drug-likeness (QED) is 0.303. The largest absolute Gasteiger partial charge is 0.299 e. The Balaban J connectivity index is 1.60. The fourth-order valence-electron chi connectivity index (χ4n) is 2.95. The number of rotatable bonds is 7. The number of benzene rings is 3. The highest BCUT2D eigenvalue weighted by atomic mass is 35.5. The summed E-state index contributed by atoms with van der Waals surface area (Å²) in [5, 5.41) is 12.5. The lowest BCUT2D eigenvalue weighted by atomic mass is 10.2. The maximum absolute atomic E-state index is 13.4. The fourth-order valence-corrected chi connectivity index (χ4v) is 5.56. The lowest BCUT2D eigenvalue weighted by Crippen LogP contribution is -2.38. The number of aromatic nitrogens is 2. The molecule has 0 spiro atoms. The van der Waals surface area contributed by atoms with Crippen molar-refractivity contribution in [2.75, 3.05) is 16.2 Å². The van der Waals surface area contributed by atoms with Gasteiger partial charge in [-0.15, -0.1) is 10.2 Å². The highest BCUT2D eigenvalue weighted by molar-refractivity contribution is 7.92. The van der Waals surface area contributed by atoms with Gasteiger partial charge in [0.05, 0.1) is 20.6 Å². The van der Waals surface area contributed by atoms with Crippen LogP contribution in [0.2, 0.25) is 15.1 Å². The molecule has 0 unspecified atom stereocenters. The van der Waals surface area contributed by atoms with Crippen LogP contribution >= 0.6 is 46.1 Å². The number of carbonyl (C=O) groups is 1. The third-order valence-corrected chi connectivity index (χ3v) is 8.24. The van der Waals surface area contributed by atoms with Crippen molar-refractivity contribution in [1.29, 1.82) is 0 Å². The Kier molecular flexibility index (Phi) is 7.39. The predicted octanol–water partition coefficient (Wildman–Crippen LogP) is 6.00. The number of sulfonamides is 1. The van der Waals surface area contributed by atoms with Gasteiger partial charge in [-0.25, -0.2) is 8.42 Å². The summed E-state index contributed by atoms with van der Waals surface area (Å²) in [4.78, 5) is 12.9. The van der Waals surface area contributed by atoms with Gasteiger partial charge in [0.2, 0.25) is 11.0 Å². The Hall–Kier alpha value is -2.69. The van der Waals surface area contributed by atoms with Crippen LogP contribution in [-0.2, 0) is 14.8 Å². The summed E-state index contributed by atoms with van der Waals surface area (Å²) in [5.74, 6) is -0.607. The molecule has 3 aromatic carbocycles. The average Bonchev–Trinajstić information content (AvgIpc) is 3.28. The first-order valence-electron chi connectivity index (χ1n) is 9.66. The number of hydrogen-bond donors (Lipinski definition) is 1. The third kappa shape index (κ3) is 5.51. The monoisotopic (exact) mass is 552 g/mol. The number of halogens is 3. The summed E-state index contributed by atoms with van der Waals surface area (Å²) in [7, 11) is -4.09. The van der Waals surface area contributed by atoms with E-state index in [9.17, 15) is 13.2 Å². The summed E-state index contributed by atoms with van der Waals surface area (Å²) in [6, 6.07) is 19.1. The van der Waals surface area contributed by atoms with Gasteiger partial charge in [0.15, 0.2) is 0 Å². The Morgan fingerprint density at radius 2 is 1.62 bits per heavy atom. The Morgan fingerprint density at radius 3 is 2.29 bits per heavy atom. The smallest absolute Gasteiger partial charge is 0.264 e. The van der Waals surface area contributed by atoms with Crippen molar-refractivity contribution in [1.82, 2.24) is 10.2 Å². The van der Waals surface area contributed by atoms with E-state index in [0.717, 1.165) is 21.2 Å². The van der Waals surface area contributed by atoms with E-state index in [1.165, 1.54) is 30.3 Å². The molecule has 4 rings (SSSR count). The first kappa shape index (κ1) is 24.4. The van der Waals surface area contributed by atoms with E-state index in [4.69, 9.17) is 34.8 Å². The van der Waals surface area contributed by atoms with E-state index in [1.807, 2.05) is 0 Å². The van der Waals surface area contributed by atoms with Crippen molar-refractivity contribution in [2.24, 2.45) is 0 Å². The van der Waals surface area contributed by atoms with Crippen molar-refractivity contribution in [3.05, 3.63) is 87.9 Å². The van der Waals surface area contributed by atoms with E-state index in [0.29, 0.717) is 10.0 Å². The molecule has 1 heterocycles. The normalized spacial score (nSPS) is 11.3. The number of nitrogens with one attached hydrogen (secondary N) is 1. The molecule has 174 valence electrons. The average molecular weight is 554 g/mol. The molecule has 0 radical (unpaired) electrons. The molecule has 34 heavy (non-hydrogen) atoms. The van der Waals surface area contributed by atoms with Crippen LogP contribution in [0.3, 0.4) is 0 Å². The van der Waals surface area contributed by atoms with E-state index in [2.05, 4.69) is 15.5 Å². The standard InChI is InChI=1S/C22H15Cl3N4O3S2/c23-15-8-6-14(7-9-15)21-27-28-22(33-21)26-20(30)13-29(16-10-11-18(24)19(25)12-16)34(31,32)17-4-2-1-3-5-17/h1-12H,13H2,(H,26,28,30). The molecule has 0 fully saturated rings. The second kappa shape index (κ2) is 10.3. The van der Waals surface area contributed by atoms with Crippen LogP contribution in [0.25, 0.3) is 10.6 Å². The molecule has 7 nitrogen and oxygen atoms in total. The first-order valence-corrected chi connectivity index (χ1v) is 13.1. The number of carbonyl (C=O) groups excluding carboxylic acids is 1. The molecule has 0 aliphatic carbocycles. The van der Waals surface area contributed by atoms with E-state index < -0.39 is 22.5 Å². The molecule has 0 aliphatic rings. The maximum Gasteiger partial charge on any atom is 0.264 e. The van der Waals surface area contributed by atoms with Gasteiger partial charge in [0.25, 0.3) is 10.0 Å². The van der Waals surface area contributed by atoms with Gasteiger partial charge < -0.3 is 0 Å². The number of nitrogens with zero attached hydrogens (tertiary/aromatic N) is 3. The molecule has 0 bridgehead atoms. The summed E-state index contributed by atoms with van der Waals surface area (Å²) in [6.07, 6.45) is 0. The van der Waals surface area contributed by atoms with E-state index in [-0.39, 0.29) is 25.8 Å². The molecular formula is C22H15Cl3N4O3S2. The lowest BCUT2D eigenvalue weighted by molar-refractivity contribution is -0.114. The molecule has 0 atom stereocenters. The van der Waals surface area contributed by atoms with E-state index >= 15 is 0 Å². The van der Waals surface area contributed by atoms with Crippen LogP contribution in [0.1, 0.15) is 0 Å². The summed E-state index contributed by atoms with van der Waals surface area (Å²) >= 11 is 19.2. The van der Waals surface area contributed by atoms with Crippen LogP contribution < -0.4 is 9.62 Å². The lowest BCUT2D eigenvalue weighted by Gasteiger charge is -2.24. The van der Waals surface area contributed by atoms with Gasteiger partial charge in [0.1, 0.15) is 11.6 Å². The van der Waals surface area contributed by atoms with Crippen molar-refractivity contribution in [2.45, 2.75) is 4.90 Å². The van der Waals surface area contributed by atoms with Gasteiger partial charge in [-0.2, -0.15) is 0 Å². The fraction of sp³-hybridized carbons (Fsp3) is 0.0455. The van der Waals surface area contributed by atoms with Crippen molar-refractivity contribution in [3.8, 4) is 10.6 Å². The SMILES string of the molecule is O=C(CN(c1ccc(Cl)c(Cl)c1)S(=O)(=O)c1ccccc1)Nc1nnc(-c2ccc(Cl)cc2)s1. The maximum atomic E-state index is 13.4. The molecule has 0 aliphatic heterocycles. The zero-order valence-corrected chi connectivity index (χ0v) is 21.1. The highest BCUT2D eigenvalue weighted by Gasteiger charge is 2.28. The minimum absolute atomic E-state index is 0.0230. The molecule has 0 saturated heterocycles. The van der Waals surface area contributed by atoms with Crippen molar-refractivity contribution < 1.29 is 13.2 Å². The second-order valence-corrected chi connectivity index (χ2v) is 11.0. The summed E-state index contributed by atoms with van der Waals surface area (Å²) in [6.45, 7) is -0.523. The molecular weight excluding hydrogens is 539 g/mol. The minimum Gasteiger partial charge on any atom is -0.299 e. The van der Waals surface area contributed by atoms with Crippen molar-refractivity contribution >= 4 is 72.9 Å². The van der Waals surface area contributed by atoms with Crippen LogP contribution in [-0.4, -0.2) is 31.1 Å². The zero-order chi connectivity index (χ0) is 24.3. The van der Waals surface area contributed by atoms with Crippen LogP contribution in [0.5, 0.6) is 0 Å². The third-order valence-electron chi connectivity index (χ3n) is 4.57.